The second-order valence-electron chi connectivity index (χ2n) is 7.76. The van der Waals surface area contributed by atoms with Crippen molar-refractivity contribution in [2.45, 2.75) is 19.3 Å². The van der Waals surface area contributed by atoms with E-state index < -0.39 is 23.2 Å². The third kappa shape index (κ3) is 5.20. The van der Waals surface area contributed by atoms with Gasteiger partial charge < -0.3 is 20.5 Å². The van der Waals surface area contributed by atoms with Gasteiger partial charge in [-0.05, 0) is 48.7 Å². The standard InChI is InChI=1S/C23H20ClFN4O4/c24-18-7-4-16(25)10-19(18)29-21(32)28-17-5-2-14(3-6-17)15-11-26-22(27-12-15)33-13-23(20(30)31)8-1-9-23/h2-7,10-12H,1,8-9,13H2,(H,30,31)(H2,28,29,32). The van der Waals surface area contributed by atoms with Crippen molar-refractivity contribution in [3.63, 3.8) is 0 Å². The summed E-state index contributed by atoms with van der Waals surface area (Å²) in [6.07, 6.45) is 5.22. The fraction of sp³-hybridized carbons (Fsp3) is 0.217. The molecule has 0 aliphatic heterocycles. The number of aromatic nitrogens is 2. The number of amides is 2. The highest BCUT2D eigenvalue weighted by Crippen LogP contribution is 2.41. The number of carboxylic acids is 1. The first-order chi connectivity index (χ1) is 15.8. The van der Waals surface area contributed by atoms with Crippen LogP contribution in [-0.2, 0) is 4.79 Å². The van der Waals surface area contributed by atoms with Crippen molar-refractivity contribution in [3.8, 4) is 17.1 Å². The van der Waals surface area contributed by atoms with Crippen molar-refractivity contribution in [2.24, 2.45) is 5.41 Å². The highest BCUT2D eigenvalue weighted by molar-refractivity contribution is 6.33. The van der Waals surface area contributed by atoms with Crippen LogP contribution in [0.5, 0.6) is 6.01 Å². The van der Waals surface area contributed by atoms with Crippen LogP contribution >= 0.6 is 11.6 Å². The molecule has 1 heterocycles. The Morgan fingerprint density at radius 1 is 1.06 bits per heavy atom. The lowest BCUT2D eigenvalue weighted by atomic mass is 9.69. The molecule has 2 amide bonds. The van der Waals surface area contributed by atoms with Crippen molar-refractivity contribution < 1.29 is 23.8 Å². The Kier molecular flexibility index (Phi) is 6.41. The average Bonchev–Trinajstić information content (AvgIpc) is 2.76. The molecule has 0 radical (unpaired) electrons. The number of ether oxygens (including phenoxy) is 1. The van der Waals surface area contributed by atoms with Crippen LogP contribution in [-0.4, -0.2) is 33.7 Å². The number of hydrogen-bond donors (Lipinski definition) is 3. The van der Waals surface area contributed by atoms with Crippen LogP contribution in [0, 0.1) is 11.2 Å². The molecule has 33 heavy (non-hydrogen) atoms. The predicted octanol–water partition coefficient (Wildman–Crippen LogP) is 5.21. The minimum atomic E-state index is -0.855. The van der Waals surface area contributed by atoms with E-state index in [1.165, 1.54) is 12.1 Å². The van der Waals surface area contributed by atoms with E-state index in [1.54, 1.807) is 36.7 Å². The Morgan fingerprint density at radius 2 is 1.76 bits per heavy atom. The third-order valence-electron chi connectivity index (χ3n) is 5.52. The summed E-state index contributed by atoms with van der Waals surface area (Å²) in [5.74, 6) is -1.37. The fourth-order valence-corrected chi connectivity index (χ4v) is 3.55. The van der Waals surface area contributed by atoms with Crippen LogP contribution in [0.25, 0.3) is 11.1 Å². The zero-order valence-corrected chi connectivity index (χ0v) is 18.1. The molecule has 10 heteroatoms. The van der Waals surface area contributed by atoms with E-state index in [-0.39, 0.29) is 23.3 Å². The SMILES string of the molecule is O=C(Nc1ccc(-c2cnc(OCC3(C(=O)O)CCC3)nc2)cc1)Nc1cc(F)ccc1Cl. The molecule has 0 atom stereocenters. The predicted molar refractivity (Wildman–Crippen MR) is 121 cm³/mol. The first kappa shape index (κ1) is 22.5. The molecule has 2 aromatic carbocycles. The lowest BCUT2D eigenvalue weighted by Crippen LogP contribution is -2.43. The van der Waals surface area contributed by atoms with E-state index >= 15 is 0 Å². The first-order valence-electron chi connectivity index (χ1n) is 10.2. The molecule has 0 bridgehead atoms. The molecular formula is C23H20ClFN4O4. The van der Waals surface area contributed by atoms with Gasteiger partial charge in [-0.15, -0.1) is 0 Å². The molecule has 170 valence electrons. The Bertz CT molecular complexity index is 1170. The molecule has 8 nitrogen and oxygen atoms in total. The number of halogens is 2. The second-order valence-corrected chi connectivity index (χ2v) is 8.17. The Labute approximate surface area is 193 Å². The summed E-state index contributed by atoms with van der Waals surface area (Å²) in [6, 6.07) is 10.2. The van der Waals surface area contributed by atoms with Gasteiger partial charge in [0.15, 0.2) is 0 Å². The summed E-state index contributed by atoms with van der Waals surface area (Å²) in [6.45, 7) is 0.0466. The molecular weight excluding hydrogens is 451 g/mol. The number of rotatable bonds is 7. The molecule has 3 N–H and O–H groups in total. The molecule has 1 aromatic heterocycles. The maximum atomic E-state index is 13.3. The maximum Gasteiger partial charge on any atom is 0.323 e. The number of hydrogen-bond acceptors (Lipinski definition) is 5. The molecule has 1 aliphatic carbocycles. The van der Waals surface area contributed by atoms with Crippen molar-refractivity contribution in [2.75, 3.05) is 17.2 Å². The molecule has 0 saturated heterocycles. The number of urea groups is 1. The average molecular weight is 471 g/mol. The zero-order chi connectivity index (χ0) is 23.4. The molecule has 4 rings (SSSR count). The Hall–Kier alpha value is -3.72. The van der Waals surface area contributed by atoms with Gasteiger partial charge in [-0.2, -0.15) is 0 Å². The molecule has 1 saturated carbocycles. The third-order valence-corrected chi connectivity index (χ3v) is 5.85. The van der Waals surface area contributed by atoms with Gasteiger partial charge in [0.25, 0.3) is 0 Å². The van der Waals surface area contributed by atoms with Gasteiger partial charge in [0.1, 0.15) is 17.8 Å². The van der Waals surface area contributed by atoms with Crippen LogP contribution < -0.4 is 15.4 Å². The van der Waals surface area contributed by atoms with Gasteiger partial charge in [-0.1, -0.05) is 30.2 Å². The maximum absolute atomic E-state index is 13.3. The van der Waals surface area contributed by atoms with Crippen molar-refractivity contribution in [1.82, 2.24) is 9.97 Å². The molecule has 3 aromatic rings. The number of carbonyl (C=O) groups is 2. The number of aliphatic carboxylic acids is 1. The summed E-state index contributed by atoms with van der Waals surface area (Å²) in [7, 11) is 0. The van der Waals surface area contributed by atoms with Gasteiger partial charge >= 0.3 is 18.0 Å². The minimum Gasteiger partial charge on any atom is -0.481 e. The zero-order valence-electron chi connectivity index (χ0n) is 17.3. The number of anilines is 2. The van der Waals surface area contributed by atoms with Crippen LogP contribution in [0.15, 0.2) is 54.9 Å². The van der Waals surface area contributed by atoms with Crippen molar-refractivity contribution in [1.29, 1.82) is 0 Å². The van der Waals surface area contributed by atoms with Gasteiger partial charge in [-0.3, -0.25) is 4.79 Å². The summed E-state index contributed by atoms with van der Waals surface area (Å²) >= 11 is 5.95. The first-order valence-corrected chi connectivity index (χ1v) is 10.5. The number of nitrogens with one attached hydrogen (secondary N) is 2. The molecule has 0 unspecified atom stereocenters. The summed E-state index contributed by atoms with van der Waals surface area (Å²) in [5, 5.41) is 14.7. The normalized spacial score (nSPS) is 14.1. The lowest BCUT2D eigenvalue weighted by Gasteiger charge is -2.36. The monoisotopic (exact) mass is 470 g/mol. The highest BCUT2D eigenvalue weighted by atomic mass is 35.5. The number of nitrogens with zero attached hydrogens (tertiary/aromatic N) is 2. The number of benzene rings is 2. The second kappa shape index (κ2) is 9.41. The number of carbonyl (C=O) groups excluding carboxylic acids is 1. The van der Waals surface area contributed by atoms with E-state index in [0.29, 0.717) is 18.5 Å². The lowest BCUT2D eigenvalue weighted by molar-refractivity contribution is -0.157. The topological polar surface area (TPSA) is 113 Å². The fourth-order valence-electron chi connectivity index (χ4n) is 3.39. The Balaban J connectivity index is 1.34. The Morgan fingerprint density at radius 3 is 2.36 bits per heavy atom. The van der Waals surface area contributed by atoms with E-state index in [2.05, 4.69) is 20.6 Å². The van der Waals surface area contributed by atoms with E-state index in [4.69, 9.17) is 16.3 Å². The van der Waals surface area contributed by atoms with Crippen LogP contribution in [0.2, 0.25) is 5.02 Å². The number of carboxylic acid groups (broad SMARTS) is 1. The van der Waals surface area contributed by atoms with Gasteiger partial charge in [0, 0.05) is 23.6 Å². The van der Waals surface area contributed by atoms with Gasteiger partial charge in [-0.25, -0.2) is 19.2 Å². The van der Waals surface area contributed by atoms with Crippen molar-refractivity contribution in [3.05, 3.63) is 65.7 Å². The molecule has 1 fully saturated rings. The van der Waals surface area contributed by atoms with E-state index in [9.17, 15) is 19.1 Å². The smallest absolute Gasteiger partial charge is 0.323 e. The summed E-state index contributed by atoms with van der Waals surface area (Å²) in [5.41, 5.74) is 1.38. The quantitative estimate of drug-likeness (QED) is 0.436. The van der Waals surface area contributed by atoms with Crippen molar-refractivity contribution >= 4 is 35.0 Å². The summed E-state index contributed by atoms with van der Waals surface area (Å²) < 4.78 is 18.8. The molecule has 0 spiro atoms. The van der Waals surface area contributed by atoms with Gasteiger partial charge in [0.2, 0.25) is 0 Å². The largest absolute Gasteiger partial charge is 0.481 e. The molecule has 1 aliphatic rings. The van der Waals surface area contributed by atoms with Gasteiger partial charge in [0.05, 0.1) is 10.7 Å². The van der Waals surface area contributed by atoms with Crippen LogP contribution in [0.3, 0.4) is 0 Å². The van der Waals surface area contributed by atoms with Crippen LogP contribution in [0.1, 0.15) is 19.3 Å². The van der Waals surface area contributed by atoms with E-state index in [1.807, 2.05) is 0 Å². The highest BCUT2D eigenvalue weighted by Gasteiger charge is 2.45. The van der Waals surface area contributed by atoms with E-state index in [0.717, 1.165) is 23.6 Å². The summed E-state index contributed by atoms with van der Waals surface area (Å²) in [4.78, 5) is 31.9. The minimum absolute atomic E-state index is 0.0466. The van der Waals surface area contributed by atoms with Crippen LogP contribution in [0.4, 0.5) is 20.6 Å².